The lowest BCUT2D eigenvalue weighted by Crippen LogP contribution is -2.28. The summed E-state index contributed by atoms with van der Waals surface area (Å²) in [6.45, 7) is 5.12. The van der Waals surface area contributed by atoms with Crippen LogP contribution < -0.4 is 5.32 Å². The number of carbonyl (C=O) groups excluding carboxylic acids is 1. The highest BCUT2D eigenvalue weighted by molar-refractivity contribution is 7.13. The zero-order valence-corrected chi connectivity index (χ0v) is 12.6. The van der Waals surface area contributed by atoms with Crippen molar-refractivity contribution < 1.29 is 9.53 Å². The van der Waals surface area contributed by atoms with Crippen molar-refractivity contribution >= 4 is 17.2 Å². The maximum Gasteiger partial charge on any atom is 0.261 e. The van der Waals surface area contributed by atoms with Crippen molar-refractivity contribution in [2.24, 2.45) is 0 Å². The average Bonchev–Trinajstić information content (AvgIpc) is 3.04. The zero-order chi connectivity index (χ0) is 14.5. The molecule has 108 valence electrons. The highest BCUT2D eigenvalue weighted by atomic mass is 32.1. The number of methoxy groups -OCH3 is 1. The van der Waals surface area contributed by atoms with Crippen LogP contribution in [0.25, 0.3) is 0 Å². The summed E-state index contributed by atoms with van der Waals surface area (Å²) in [6.07, 6.45) is 1.65. The molecular weight excluding hydrogens is 276 g/mol. The van der Waals surface area contributed by atoms with Gasteiger partial charge >= 0.3 is 0 Å². The number of rotatable bonds is 6. The van der Waals surface area contributed by atoms with Gasteiger partial charge in [0.25, 0.3) is 5.91 Å². The standard InChI is InChI=1S/C13H18N4O2S/c1-9-4-5-11(20-9)13(18)15-10(2)12-16-14-8-17(12)6-7-19-3/h4-5,8,10H,6-7H2,1-3H3,(H,15,18)/t10-/m0/s1. The quantitative estimate of drug-likeness (QED) is 0.882. The number of carbonyl (C=O) groups is 1. The van der Waals surface area contributed by atoms with Gasteiger partial charge in [0.1, 0.15) is 6.33 Å². The third kappa shape index (κ3) is 3.43. The van der Waals surface area contributed by atoms with Crippen LogP contribution in [0.4, 0.5) is 0 Å². The Morgan fingerprint density at radius 3 is 3.00 bits per heavy atom. The molecule has 1 amide bonds. The molecule has 6 nitrogen and oxygen atoms in total. The average molecular weight is 294 g/mol. The Bertz CT molecular complexity index is 578. The lowest BCUT2D eigenvalue weighted by Gasteiger charge is -2.14. The summed E-state index contributed by atoms with van der Waals surface area (Å²) in [4.78, 5) is 13.9. The van der Waals surface area contributed by atoms with E-state index in [1.807, 2.05) is 30.5 Å². The van der Waals surface area contributed by atoms with Crippen LogP contribution in [0.3, 0.4) is 0 Å². The number of nitrogens with one attached hydrogen (secondary N) is 1. The van der Waals surface area contributed by atoms with Gasteiger partial charge in [-0.3, -0.25) is 4.79 Å². The molecule has 0 saturated heterocycles. The lowest BCUT2D eigenvalue weighted by atomic mass is 10.3. The van der Waals surface area contributed by atoms with Crippen molar-refractivity contribution in [3.8, 4) is 0 Å². The fourth-order valence-electron chi connectivity index (χ4n) is 1.85. The molecule has 1 N–H and O–H groups in total. The molecule has 2 aromatic rings. The second kappa shape index (κ2) is 6.62. The minimum atomic E-state index is -0.204. The molecule has 2 rings (SSSR count). The van der Waals surface area contributed by atoms with E-state index in [-0.39, 0.29) is 11.9 Å². The van der Waals surface area contributed by atoms with E-state index < -0.39 is 0 Å². The van der Waals surface area contributed by atoms with Crippen molar-refractivity contribution in [1.29, 1.82) is 0 Å². The van der Waals surface area contributed by atoms with Gasteiger partial charge in [0, 0.05) is 18.5 Å². The van der Waals surface area contributed by atoms with Crippen molar-refractivity contribution in [2.75, 3.05) is 13.7 Å². The lowest BCUT2D eigenvalue weighted by molar-refractivity contribution is 0.0941. The van der Waals surface area contributed by atoms with E-state index in [1.165, 1.54) is 11.3 Å². The van der Waals surface area contributed by atoms with Gasteiger partial charge in [-0.05, 0) is 26.0 Å². The summed E-state index contributed by atoms with van der Waals surface area (Å²) in [5.41, 5.74) is 0. The summed E-state index contributed by atoms with van der Waals surface area (Å²) < 4.78 is 6.92. The molecule has 0 fully saturated rings. The molecule has 0 saturated carbocycles. The summed E-state index contributed by atoms with van der Waals surface area (Å²) in [5.74, 6) is 0.639. The van der Waals surface area contributed by atoms with E-state index in [4.69, 9.17) is 4.74 Å². The number of hydrogen-bond acceptors (Lipinski definition) is 5. The number of thiophene rings is 1. The van der Waals surface area contributed by atoms with E-state index in [2.05, 4.69) is 15.5 Å². The van der Waals surface area contributed by atoms with Crippen molar-refractivity contribution in [1.82, 2.24) is 20.1 Å². The Kier molecular flexibility index (Phi) is 4.86. The molecule has 0 aliphatic carbocycles. The van der Waals surface area contributed by atoms with Gasteiger partial charge in [-0.1, -0.05) is 0 Å². The molecular formula is C13H18N4O2S. The molecule has 2 heterocycles. The van der Waals surface area contributed by atoms with Crippen LogP contribution >= 0.6 is 11.3 Å². The first-order valence-corrected chi connectivity index (χ1v) is 7.17. The van der Waals surface area contributed by atoms with Crippen LogP contribution in [-0.4, -0.2) is 34.4 Å². The number of amides is 1. The molecule has 7 heteroatoms. The maximum absolute atomic E-state index is 12.1. The van der Waals surface area contributed by atoms with Crippen LogP contribution in [-0.2, 0) is 11.3 Å². The first-order valence-electron chi connectivity index (χ1n) is 6.35. The SMILES string of the molecule is COCCn1cnnc1[C@H](C)NC(=O)c1ccc(C)s1. The third-order valence-corrected chi connectivity index (χ3v) is 3.88. The Balaban J connectivity index is 2.02. The Morgan fingerprint density at radius 1 is 1.55 bits per heavy atom. The first-order chi connectivity index (χ1) is 9.61. The molecule has 0 aliphatic heterocycles. The van der Waals surface area contributed by atoms with E-state index >= 15 is 0 Å². The van der Waals surface area contributed by atoms with E-state index in [0.717, 1.165) is 10.7 Å². The van der Waals surface area contributed by atoms with Crippen molar-refractivity contribution in [2.45, 2.75) is 26.4 Å². The number of nitrogens with zero attached hydrogens (tertiary/aromatic N) is 3. The fourth-order valence-corrected chi connectivity index (χ4v) is 2.62. The second-order valence-electron chi connectivity index (χ2n) is 4.48. The number of aromatic nitrogens is 3. The molecule has 0 aromatic carbocycles. The monoisotopic (exact) mass is 294 g/mol. The Hall–Kier alpha value is -1.73. The van der Waals surface area contributed by atoms with Gasteiger partial charge < -0.3 is 14.6 Å². The highest BCUT2D eigenvalue weighted by Crippen LogP contribution is 2.16. The molecule has 20 heavy (non-hydrogen) atoms. The van der Waals surface area contributed by atoms with Gasteiger partial charge in [0.15, 0.2) is 5.82 Å². The highest BCUT2D eigenvalue weighted by Gasteiger charge is 2.17. The first kappa shape index (κ1) is 14.7. The molecule has 2 aromatic heterocycles. The largest absolute Gasteiger partial charge is 0.383 e. The van der Waals surface area contributed by atoms with Crippen LogP contribution in [0.15, 0.2) is 18.5 Å². The van der Waals surface area contributed by atoms with Gasteiger partial charge in [-0.2, -0.15) is 0 Å². The van der Waals surface area contributed by atoms with Gasteiger partial charge in [-0.25, -0.2) is 0 Å². The zero-order valence-electron chi connectivity index (χ0n) is 11.8. The molecule has 0 aliphatic rings. The number of ether oxygens (including phenoxy) is 1. The fraction of sp³-hybridized carbons (Fsp3) is 0.462. The van der Waals surface area contributed by atoms with Crippen LogP contribution in [0, 0.1) is 6.92 Å². The second-order valence-corrected chi connectivity index (χ2v) is 5.77. The summed E-state index contributed by atoms with van der Waals surface area (Å²) >= 11 is 1.48. The molecule has 1 atom stereocenters. The van der Waals surface area contributed by atoms with Gasteiger partial charge in [0.2, 0.25) is 0 Å². The summed E-state index contributed by atoms with van der Waals surface area (Å²) in [7, 11) is 1.65. The third-order valence-electron chi connectivity index (χ3n) is 2.88. The number of hydrogen-bond donors (Lipinski definition) is 1. The molecule has 0 radical (unpaired) electrons. The summed E-state index contributed by atoms with van der Waals surface area (Å²) in [5, 5.41) is 10.9. The van der Waals surface area contributed by atoms with Crippen LogP contribution in [0.1, 0.15) is 33.3 Å². The van der Waals surface area contributed by atoms with Crippen LogP contribution in [0.2, 0.25) is 0 Å². The normalized spacial score (nSPS) is 12.3. The van der Waals surface area contributed by atoms with Crippen LogP contribution in [0.5, 0.6) is 0 Å². The Morgan fingerprint density at radius 2 is 2.35 bits per heavy atom. The van der Waals surface area contributed by atoms with E-state index in [9.17, 15) is 4.79 Å². The molecule has 0 spiro atoms. The number of aryl methyl sites for hydroxylation is 1. The molecule has 0 bridgehead atoms. The smallest absolute Gasteiger partial charge is 0.261 e. The van der Waals surface area contributed by atoms with E-state index in [1.54, 1.807) is 13.4 Å². The predicted octanol–water partition coefficient (Wildman–Crippen LogP) is 1.79. The minimum absolute atomic E-state index is 0.0862. The van der Waals surface area contributed by atoms with Gasteiger partial charge in [0.05, 0.1) is 17.5 Å². The predicted molar refractivity (Wildman–Crippen MR) is 76.8 cm³/mol. The maximum atomic E-state index is 12.1. The minimum Gasteiger partial charge on any atom is -0.383 e. The topological polar surface area (TPSA) is 69.0 Å². The summed E-state index contributed by atoms with van der Waals surface area (Å²) in [6, 6.07) is 3.56. The Labute approximate surface area is 121 Å². The van der Waals surface area contributed by atoms with Crippen molar-refractivity contribution in [3.05, 3.63) is 34.0 Å². The van der Waals surface area contributed by atoms with Crippen molar-refractivity contribution in [3.63, 3.8) is 0 Å². The van der Waals surface area contributed by atoms with E-state index in [0.29, 0.717) is 18.0 Å². The molecule has 0 unspecified atom stereocenters. The van der Waals surface area contributed by atoms with Gasteiger partial charge in [-0.15, -0.1) is 21.5 Å².